The van der Waals surface area contributed by atoms with Crippen LogP contribution in [0.15, 0.2) is 40.0 Å². The third-order valence-corrected chi connectivity index (χ3v) is 3.53. The lowest BCUT2D eigenvalue weighted by Crippen LogP contribution is -1.97. The Hall–Kier alpha value is -2.68. The number of nitrogens with zero attached hydrogens (tertiary/aromatic N) is 3. The van der Waals surface area contributed by atoms with Crippen molar-refractivity contribution in [2.24, 2.45) is 5.10 Å². The number of halogens is 1. The minimum absolute atomic E-state index is 0.0813. The monoisotopic (exact) mass is 380 g/mol. The predicted octanol–water partition coefficient (Wildman–Crippen LogP) is 3.22. The number of nitro groups is 1. The summed E-state index contributed by atoms with van der Waals surface area (Å²) in [6.45, 7) is 0. The Morgan fingerprint density at radius 1 is 1.30 bits per heavy atom. The van der Waals surface area contributed by atoms with E-state index in [1.165, 1.54) is 12.1 Å². The minimum atomic E-state index is -0.513. The molecule has 2 aromatic rings. The van der Waals surface area contributed by atoms with E-state index in [2.05, 4.69) is 31.4 Å². The van der Waals surface area contributed by atoms with E-state index in [0.29, 0.717) is 17.3 Å². The molecule has 1 N–H and O–H groups in total. The van der Waals surface area contributed by atoms with Crippen molar-refractivity contribution in [1.82, 2.24) is 4.98 Å². The van der Waals surface area contributed by atoms with Gasteiger partial charge in [-0.1, -0.05) is 0 Å². The van der Waals surface area contributed by atoms with Gasteiger partial charge in [-0.3, -0.25) is 15.5 Å². The van der Waals surface area contributed by atoms with Gasteiger partial charge in [0.1, 0.15) is 12.0 Å². The Morgan fingerprint density at radius 3 is 2.57 bits per heavy atom. The molecule has 0 bridgehead atoms. The van der Waals surface area contributed by atoms with Crippen LogP contribution < -0.4 is 14.9 Å². The van der Waals surface area contributed by atoms with E-state index in [1.807, 2.05) is 0 Å². The first-order valence-corrected chi connectivity index (χ1v) is 7.15. The molecule has 2 rings (SSSR count). The molecule has 0 atom stereocenters. The number of pyridine rings is 1. The fourth-order valence-corrected chi connectivity index (χ4v) is 2.12. The van der Waals surface area contributed by atoms with Gasteiger partial charge in [-0.2, -0.15) is 5.10 Å². The van der Waals surface area contributed by atoms with E-state index in [4.69, 9.17) is 9.47 Å². The molecule has 0 amide bonds. The molecule has 0 radical (unpaired) electrons. The third kappa shape index (κ3) is 4.16. The Balaban J connectivity index is 2.12. The molecule has 1 aromatic carbocycles. The summed E-state index contributed by atoms with van der Waals surface area (Å²) >= 11 is 3.42. The van der Waals surface area contributed by atoms with Gasteiger partial charge in [-0.15, -0.1) is 0 Å². The Morgan fingerprint density at radius 2 is 2.00 bits per heavy atom. The first kappa shape index (κ1) is 16.7. The van der Waals surface area contributed by atoms with Gasteiger partial charge in [0.2, 0.25) is 0 Å². The Bertz CT molecular complexity index is 734. The second kappa shape index (κ2) is 7.54. The lowest BCUT2D eigenvalue weighted by atomic mass is 10.2. The van der Waals surface area contributed by atoms with Crippen LogP contribution in [0.2, 0.25) is 0 Å². The van der Waals surface area contributed by atoms with Crippen LogP contribution in [-0.4, -0.2) is 30.3 Å². The summed E-state index contributed by atoms with van der Waals surface area (Å²) < 4.78 is 11.2. The first-order chi connectivity index (χ1) is 11.0. The molecule has 8 nitrogen and oxygen atoms in total. The molecule has 1 heterocycles. The second-order valence-corrected chi connectivity index (χ2v) is 5.11. The SMILES string of the molecule is COc1cc(Br)c(/C=N/Nc2ccc([N+](=O)[O-])cn2)cc1OC. The van der Waals surface area contributed by atoms with E-state index < -0.39 is 4.92 Å². The van der Waals surface area contributed by atoms with Gasteiger partial charge in [0, 0.05) is 16.1 Å². The van der Waals surface area contributed by atoms with Gasteiger partial charge >= 0.3 is 0 Å². The van der Waals surface area contributed by atoms with Crippen LogP contribution in [0.4, 0.5) is 11.5 Å². The van der Waals surface area contributed by atoms with E-state index in [-0.39, 0.29) is 5.69 Å². The molecular weight excluding hydrogens is 368 g/mol. The molecular formula is C14H13BrN4O4. The summed E-state index contributed by atoms with van der Waals surface area (Å²) in [5.74, 6) is 1.57. The summed E-state index contributed by atoms with van der Waals surface area (Å²) in [5.41, 5.74) is 3.38. The molecule has 0 fully saturated rings. The van der Waals surface area contributed by atoms with Crippen LogP contribution in [-0.2, 0) is 0 Å². The predicted molar refractivity (Wildman–Crippen MR) is 89.4 cm³/mol. The average molecular weight is 381 g/mol. The summed E-state index contributed by atoms with van der Waals surface area (Å²) in [6, 6.07) is 6.35. The molecule has 0 spiro atoms. The van der Waals surface area contributed by atoms with Crippen LogP contribution in [0.5, 0.6) is 11.5 Å². The van der Waals surface area contributed by atoms with E-state index in [0.717, 1.165) is 16.2 Å². The van der Waals surface area contributed by atoms with Gasteiger partial charge in [-0.05, 0) is 34.1 Å². The highest BCUT2D eigenvalue weighted by Gasteiger charge is 2.08. The number of hydrazone groups is 1. The topological polar surface area (TPSA) is 98.9 Å². The van der Waals surface area contributed by atoms with Crippen LogP contribution in [0.25, 0.3) is 0 Å². The van der Waals surface area contributed by atoms with Crippen molar-refractivity contribution >= 4 is 33.6 Å². The zero-order valence-corrected chi connectivity index (χ0v) is 13.9. The smallest absolute Gasteiger partial charge is 0.287 e. The highest BCUT2D eigenvalue weighted by molar-refractivity contribution is 9.10. The summed E-state index contributed by atoms with van der Waals surface area (Å²) in [5, 5.41) is 14.6. The fraction of sp³-hybridized carbons (Fsp3) is 0.143. The van der Waals surface area contributed by atoms with Crippen molar-refractivity contribution in [3.8, 4) is 11.5 Å². The van der Waals surface area contributed by atoms with Gasteiger partial charge in [0.15, 0.2) is 11.5 Å². The summed E-state index contributed by atoms with van der Waals surface area (Å²) in [4.78, 5) is 13.9. The van der Waals surface area contributed by atoms with E-state index in [9.17, 15) is 10.1 Å². The van der Waals surface area contributed by atoms with Gasteiger partial charge < -0.3 is 9.47 Å². The van der Waals surface area contributed by atoms with Crippen molar-refractivity contribution in [3.63, 3.8) is 0 Å². The highest BCUT2D eigenvalue weighted by Crippen LogP contribution is 2.32. The normalized spacial score (nSPS) is 10.6. The number of ether oxygens (including phenoxy) is 2. The summed E-state index contributed by atoms with van der Waals surface area (Å²) in [6.07, 6.45) is 2.72. The molecule has 120 valence electrons. The average Bonchev–Trinajstić information content (AvgIpc) is 2.56. The number of benzene rings is 1. The zero-order valence-electron chi connectivity index (χ0n) is 12.3. The number of rotatable bonds is 6. The molecule has 1 aromatic heterocycles. The van der Waals surface area contributed by atoms with Crippen LogP contribution >= 0.6 is 15.9 Å². The molecule has 0 saturated heterocycles. The van der Waals surface area contributed by atoms with Gasteiger partial charge in [0.25, 0.3) is 5.69 Å². The number of hydrogen-bond donors (Lipinski definition) is 1. The summed E-state index contributed by atoms with van der Waals surface area (Å²) in [7, 11) is 3.10. The number of nitrogens with one attached hydrogen (secondary N) is 1. The minimum Gasteiger partial charge on any atom is -0.493 e. The molecule has 0 aliphatic heterocycles. The quantitative estimate of drug-likeness (QED) is 0.469. The molecule has 23 heavy (non-hydrogen) atoms. The molecule has 0 aliphatic rings. The maximum absolute atomic E-state index is 10.5. The van der Waals surface area contributed by atoms with Crippen molar-refractivity contribution in [1.29, 1.82) is 0 Å². The largest absolute Gasteiger partial charge is 0.493 e. The van der Waals surface area contributed by atoms with Crippen molar-refractivity contribution in [3.05, 3.63) is 50.6 Å². The Labute approximate surface area is 140 Å². The third-order valence-electron chi connectivity index (χ3n) is 2.84. The molecule has 0 aliphatic carbocycles. The maximum atomic E-state index is 10.5. The van der Waals surface area contributed by atoms with Crippen molar-refractivity contribution in [2.45, 2.75) is 0 Å². The van der Waals surface area contributed by atoms with Crippen LogP contribution in [0.1, 0.15) is 5.56 Å². The van der Waals surface area contributed by atoms with Gasteiger partial charge in [0.05, 0.1) is 25.4 Å². The van der Waals surface area contributed by atoms with E-state index in [1.54, 1.807) is 32.6 Å². The standard InChI is InChI=1S/C14H13BrN4O4/c1-22-12-5-9(11(15)6-13(12)23-2)7-17-18-14-4-3-10(8-16-14)19(20)21/h3-8H,1-2H3,(H,16,18)/b17-7+. The molecule has 0 saturated carbocycles. The zero-order chi connectivity index (χ0) is 16.8. The Kier molecular flexibility index (Phi) is 5.47. The van der Waals surface area contributed by atoms with Crippen molar-refractivity contribution < 1.29 is 14.4 Å². The molecule has 0 unspecified atom stereocenters. The number of aromatic nitrogens is 1. The fourth-order valence-electron chi connectivity index (χ4n) is 1.70. The van der Waals surface area contributed by atoms with E-state index >= 15 is 0 Å². The number of anilines is 1. The second-order valence-electron chi connectivity index (χ2n) is 4.26. The lowest BCUT2D eigenvalue weighted by Gasteiger charge is -2.09. The van der Waals surface area contributed by atoms with Gasteiger partial charge in [-0.25, -0.2) is 4.98 Å². The lowest BCUT2D eigenvalue weighted by molar-refractivity contribution is -0.385. The maximum Gasteiger partial charge on any atom is 0.287 e. The molecule has 9 heteroatoms. The van der Waals surface area contributed by atoms with Crippen molar-refractivity contribution in [2.75, 3.05) is 19.6 Å². The van der Waals surface area contributed by atoms with Crippen LogP contribution in [0, 0.1) is 10.1 Å². The number of hydrogen-bond acceptors (Lipinski definition) is 7. The first-order valence-electron chi connectivity index (χ1n) is 6.36. The van der Waals surface area contributed by atoms with Crippen LogP contribution in [0.3, 0.4) is 0 Å². The highest BCUT2D eigenvalue weighted by atomic mass is 79.9. The number of methoxy groups -OCH3 is 2.